The molecule has 2 N–H and O–H groups in total. The fourth-order valence-corrected chi connectivity index (χ4v) is 3.72. The first-order chi connectivity index (χ1) is 8.65. The fourth-order valence-electron chi connectivity index (χ4n) is 3.72. The summed E-state index contributed by atoms with van der Waals surface area (Å²) in [5, 5.41) is 0. The number of nitrogens with zero attached hydrogens (tertiary/aromatic N) is 2. The molecule has 0 saturated carbocycles. The summed E-state index contributed by atoms with van der Waals surface area (Å²) in [6, 6.07) is 3.31. The minimum absolute atomic E-state index is 0.234. The van der Waals surface area contributed by atoms with Gasteiger partial charge in [0.1, 0.15) is 5.82 Å². The van der Waals surface area contributed by atoms with Crippen molar-refractivity contribution in [2.24, 2.45) is 5.73 Å². The van der Waals surface area contributed by atoms with Gasteiger partial charge in [-0.15, -0.1) is 0 Å². The second kappa shape index (κ2) is 4.59. The van der Waals surface area contributed by atoms with Crippen LogP contribution in [0.15, 0.2) is 18.5 Å². The smallest absolute Gasteiger partial charge is 0.141 e. The van der Waals surface area contributed by atoms with Crippen molar-refractivity contribution in [2.45, 2.75) is 56.8 Å². The van der Waals surface area contributed by atoms with Gasteiger partial charge < -0.3 is 5.73 Å². The van der Waals surface area contributed by atoms with E-state index in [1.54, 1.807) is 12.3 Å². The lowest BCUT2D eigenvalue weighted by molar-refractivity contribution is 0.0851. The molecule has 0 amide bonds. The van der Waals surface area contributed by atoms with E-state index in [0.29, 0.717) is 18.1 Å². The Hall–Kier alpha value is -1.00. The molecule has 0 aliphatic carbocycles. The van der Waals surface area contributed by atoms with Crippen LogP contribution in [0.3, 0.4) is 0 Å². The van der Waals surface area contributed by atoms with E-state index in [0.717, 1.165) is 18.4 Å². The predicted octanol–water partition coefficient (Wildman–Crippen LogP) is 2.24. The quantitative estimate of drug-likeness (QED) is 0.874. The number of rotatable bonds is 2. The Labute approximate surface area is 107 Å². The van der Waals surface area contributed by atoms with Crippen molar-refractivity contribution in [3.63, 3.8) is 0 Å². The summed E-state index contributed by atoms with van der Waals surface area (Å²) >= 11 is 0. The van der Waals surface area contributed by atoms with E-state index >= 15 is 0 Å². The van der Waals surface area contributed by atoms with Crippen molar-refractivity contribution in [1.29, 1.82) is 0 Å². The molecular weight excluding hydrogens is 229 g/mol. The lowest BCUT2D eigenvalue weighted by atomic mass is 9.95. The molecule has 2 bridgehead atoms. The van der Waals surface area contributed by atoms with Crippen LogP contribution in [-0.2, 0) is 0 Å². The maximum Gasteiger partial charge on any atom is 0.141 e. The second-order valence-corrected chi connectivity index (χ2v) is 5.68. The topological polar surface area (TPSA) is 42.2 Å². The van der Waals surface area contributed by atoms with Crippen LogP contribution in [0.2, 0.25) is 0 Å². The molecule has 0 spiro atoms. The zero-order valence-corrected chi connectivity index (χ0v) is 10.7. The molecule has 3 unspecified atom stereocenters. The number of hydrogen-bond acceptors (Lipinski definition) is 3. The minimum atomic E-state index is -0.250. The van der Waals surface area contributed by atoms with Gasteiger partial charge in [0.25, 0.3) is 0 Å². The molecule has 98 valence electrons. The second-order valence-electron chi connectivity index (χ2n) is 5.68. The van der Waals surface area contributed by atoms with Gasteiger partial charge >= 0.3 is 0 Å². The van der Waals surface area contributed by atoms with E-state index in [-0.39, 0.29) is 11.9 Å². The summed E-state index contributed by atoms with van der Waals surface area (Å²) in [6.45, 7) is 2.15. The first-order valence-electron chi connectivity index (χ1n) is 6.78. The molecule has 1 aromatic rings. The highest BCUT2D eigenvalue weighted by Gasteiger charge is 2.42. The molecule has 0 aromatic carbocycles. The molecule has 0 radical (unpaired) electrons. The fraction of sp³-hybridized carbons (Fsp3) is 0.643. The molecule has 2 fully saturated rings. The summed E-state index contributed by atoms with van der Waals surface area (Å²) in [7, 11) is 0. The third kappa shape index (κ3) is 2.04. The molecule has 2 aliphatic rings. The van der Waals surface area contributed by atoms with Gasteiger partial charge in [-0.2, -0.15) is 0 Å². The predicted molar refractivity (Wildman–Crippen MR) is 68.5 cm³/mol. The van der Waals surface area contributed by atoms with Crippen LogP contribution in [0, 0.1) is 5.82 Å². The molecule has 3 nitrogen and oxygen atoms in total. The number of halogens is 1. The summed E-state index contributed by atoms with van der Waals surface area (Å²) in [5.74, 6) is -0.250. The number of hydrogen-bond donors (Lipinski definition) is 1. The molecule has 3 heterocycles. The van der Waals surface area contributed by atoms with Crippen LogP contribution < -0.4 is 5.73 Å². The molecule has 4 heteroatoms. The van der Waals surface area contributed by atoms with Gasteiger partial charge in [0.15, 0.2) is 0 Å². The number of pyridine rings is 1. The largest absolute Gasteiger partial charge is 0.328 e. The zero-order valence-electron chi connectivity index (χ0n) is 10.7. The first-order valence-corrected chi connectivity index (χ1v) is 6.78. The third-order valence-electron chi connectivity index (χ3n) is 4.48. The van der Waals surface area contributed by atoms with Crippen LogP contribution >= 0.6 is 0 Å². The van der Waals surface area contributed by atoms with Crippen LogP contribution in [0.25, 0.3) is 0 Å². The minimum Gasteiger partial charge on any atom is -0.328 e. The van der Waals surface area contributed by atoms with Crippen LogP contribution in [0.4, 0.5) is 4.39 Å². The SMILES string of the molecule is CC(c1cncc(F)c1)N1C2CCC1CC(N)C2. The summed E-state index contributed by atoms with van der Waals surface area (Å²) < 4.78 is 13.3. The zero-order chi connectivity index (χ0) is 12.7. The van der Waals surface area contributed by atoms with Crippen molar-refractivity contribution in [1.82, 2.24) is 9.88 Å². The molecule has 1 aromatic heterocycles. The monoisotopic (exact) mass is 249 g/mol. The van der Waals surface area contributed by atoms with E-state index in [1.165, 1.54) is 19.0 Å². The Morgan fingerprint density at radius 2 is 2.00 bits per heavy atom. The van der Waals surface area contributed by atoms with Crippen molar-refractivity contribution in [2.75, 3.05) is 0 Å². The highest BCUT2D eigenvalue weighted by atomic mass is 19.1. The van der Waals surface area contributed by atoms with E-state index < -0.39 is 0 Å². The Morgan fingerprint density at radius 3 is 2.61 bits per heavy atom. The maximum absolute atomic E-state index is 13.3. The van der Waals surface area contributed by atoms with Gasteiger partial charge in [0.05, 0.1) is 6.20 Å². The third-order valence-corrected chi connectivity index (χ3v) is 4.48. The molecule has 18 heavy (non-hydrogen) atoms. The van der Waals surface area contributed by atoms with Crippen LogP contribution in [-0.4, -0.2) is 28.0 Å². The number of piperidine rings is 1. The Morgan fingerprint density at radius 1 is 1.33 bits per heavy atom. The summed E-state index contributed by atoms with van der Waals surface area (Å²) in [4.78, 5) is 6.49. The van der Waals surface area contributed by atoms with Crippen molar-refractivity contribution < 1.29 is 4.39 Å². The summed E-state index contributed by atoms with van der Waals surface area (Å²) in [5.41, 5.74) is 7.06. The summed E-state index contributed by atoms with van der Waals surface area (Å²) in [6.07, 6.45) is 7.64. The highest BCUT2D eigenvalue weighted by molar-refractivity contribution is 5.16. The average Bonchev–Trinajstić information content (AvgIpc) is 2.61. The van der Waals surface area contributed by atoms with Crippen molar-refractivity contribution >= 4 is 0 Å². The molecule has 3 atom stereocenters. The van der Waals surface area contributed by atoms with E-state index in [2.05, 4.69) is 16.8 Å². The molecule has 2 saturated heterocycles. The number of aromatic nitrogens is 1. The van der Waals surface area contributed by atoms with Crippen LogP contribution in [0.1, 0.15) is 44.2 Å². The Bertz CT molecular complexity index is 423. The van der Waals surface area contributed by atoms with Gasteiger partial charge in [-0.05, 0) is 44.2 Å². The van der Waals surface area contributed by atoms with Gasteiger partial charge in [-0.1, -0.05) is 0 Å². The van der Waals surface area contributed by atoms with E-state index in [4.69, 9.17) is 5.73 Å². The maximum atomic E-state index is 13.3. The van der Waals surface area contributed by atoms with Gasteiger partial charge in [-0.3, -0.25) is 9.88 Å². The van der Waals surface area contributed by atoms with Gasteiger partial charge in [-0.25, -0.2) is 4.39 Å². The Balaban J connectivity index is 1.83. The highest BCUT2D eigenvalue weighted by Crippen LogP contribution is 2.40. The molecule has 3 rings (SSSR count). The lowest BCUT2D eigenvalue weighted by Crippen LogP contribution is -2.48. The standard InChI is InChI=1S/C14H20FN3/c1-9(10-4-11(15)8-17-7-10)18-13-2-3-14(18)6-12(16)5-13/h4,7-9,12-14H,2-3,5-6,16H2,1H3. The lowest BCUT2D eigenvalue weighted by Gasteiger charge is -2.41. The van der Waals surface area contributed by atoms with Crippen molar-refractivity contribution in [3.8, 4) is 0 Å². The Kier molecular flexibility index (Phi) is 3.08. The van der Waals surface area contributed by atoms with Crippen molar-refractivity contribution in [3.05, 3.63) is 29.8 Å². The first kappa shape index (κ1) is 12.1. The molecular formula is C14H20FN3. The van der Waals surface area contributed by atoms with Gasteiger partial charge in [0.2, 0.25) is 0 Å². The number of fused-ring (bicyclic) bond motifs is 2. The normalized spacial score (nSPS) is 33.6. The average molecular weight is 249 g/mol. The van der Waals surface area contributed by atoms with Gasteiger partial charge in [0, 0.05) is 30.4 Å². The van der Waals surface area contributed by atoms with E-state index in [1.807, 2.05) is 0 Å². The number of nitrogens with two attached hydrogens (primary N) is 1. The van der Waals surface area contributed by atoms with E-state index in [9.17, 15) is 4.39 Å². The molecule has 2 aliphatic heterocycles. The van der Waals surface area contributed by atoms with Crippen LogP contribution in [0.5, 0.6) is 0 Å².